The van der Waals surface area contributed by atoms with Crippen LogP contribution in [-0.4, -0.2) is 37.8 Å². The van der Waals surface area contributed by atoms with Crippen LogP contribution in [0.5, 0.6) is 0 Å². The predicted molar refractivity (Wildman–Crippen MR) is 104 cm³/mol. The SMILES string of the molecule is Cc1c([N+](=O)[O-])cccc1S(=O)(=O)N(C)Cc1ccccc1N1CCCC1. The van der Waals surface area contributed by atoms with E-state index in [1.165, 1.54) is 36.5 Å². The number of sulfonamides is 1. The van der Waals surface area contributed by atoms with Gasteiger partial charge in [0, 0.05) is 44.0 Å². The molecule has 1 saturated heterocycles. The minimum Gasteiger partial charge on any atom is -0.371 e. The minimum atomic E-state index is -3.85. The first kappa shape index (κ1) is 19.3. The molecule has 0 radical (unpaired) electrons. The van der Waals surface area contributed by atoms with E-state index in [9.17, 15) is 18.5 Å². The second-order valence-corrected chi connectivity index (χ2v) is 8.75. The van der Waals surface area contributed by atoms with Crippen LogP contribution in [0, 0.1) is 17.0 Å². The van der Waals surface area contributed by atoms with Crippen molar-refractivity contribution in [3.63, 3.8) is 0 Å². The van der Waals surface area contributed by atoms with Crippen LogP contribution in [0.4, 0.5) is 11.4 Å². The lowest BCUT2D eigenvalue weighted by atomic mass is 10.1. The Morgan fingerprint density at radius 2 is 1.78 bits per heavy atom. The van der Waals surface area contributed by atoms with E-state index < -0.39 is 14.9 Å². The zero-order chi connectivity index (χ0) is 19.6. The van der Waals surface area contributed by atoms with E-state index in [0.29, 0.717) is 0 Å². The van der Waals surface area contributed by atoms with Crippen molar-refractivity contribution in [1.82, 2.24) is 4.31 Å². The van der Waals surface area contributed by atoms with Crippen molar-refractivity contribution in [2.75, 3.05) is 25.0 Å². The Balaban J connectivity index is 1.92. The zero-order valence-corrected chi connectivity index (χ0v) is 16.3. The van der Waals surface area contributed by atoms with Gasteiger partial charge in [-0.1, -0.05) is 24.3 Å². The van der Waals surface area contributed by atoms with E-state index in [1.807, 2.05) is 24.3 Å². The van der Waals surface area contributed by atoms with Crippen LogP contribution in [0.15, 0.2) is 47.4 Å². The molecule has 3 rings (SSSR count). The maximum absolute atomic E-state index is 13.1. The Bertz CT molecular complexity index is 953. The van der Waals surface area contributed by atoms with Crippen molar-refractivity contribution in [2.24, 2.45) is 0 Å². The van der Waals surface area contributed by atoms with E-state index in [-0.39, 0.29) is 22.7 Å². The largest absolute Gasteiger partial charge is 0.371 e. The molecule has 27 heavy (non-hydrogen) atoms. The molecule has 2 aromatic carbocycles. The smallest absolute Gasteiger partial charge is 0.273 e. The number of anilines is 1. The summed E-state index contributed by atoms with van der Waals surface area (Å²) in [5.41, 5.74) is 1.94. The first-order valence-corrected chi connectivity index (χ1v) is 10.3. The second kappa shape index (κ2) is 7.66. The standard InChI is InChI=1S/C19H23N3O4S/c1-15-17(22(23)24)10-7-11-19(15)27(25,26)20(2)14-16-8-3-4-9-18(16)21-12-5-6-13-21/h3-4,7-11H,5-6,12-14H2,1-2H3. The summed E-state index contributed by atoms with van der Waals surface area (Å²) in [7, 11) is -2.35. The van der Waals surface area contributed by atoms with Crippen molar-refractivity contribution in [1.29, 1.82) is 0 Å². The van der Waals surface area contributed by atoms with Gasteiger partial charge in [0.2, 0.25) is 10.0 Å². The van der Waals surface area contributed by atoms with Crippen LogP contribution in [0.3, 0.4) is 0 Å². The summed E-state index contributed by atoms with van der Waals surface area (Å²) in [6, 6.07) is 11.9. The molecule has 0 aromatic heterocycles. The van der Waals surface area contributed by atoms with Crippen molar-refractivity contribution in [3.8, 4) is 0 Å². The molecule has 8 heteroatoms. The van der Waals surface area contributed by atoms with Crippen molar-refractivity contribution < 1.29 is 13.3 Å². The average molecular weight is 389 g/mol. The number of benzene rings is 2. The molecule has 0 saturated carbocycles. The van der Waals surface area contributed by atoms with Crippen molar-refractivity contribution >= 4 is 21.4 Å². The molecule has 1 fully saturated rings. The van der Waals surface area contributed by atoms with E-state index >= 15 is 0 Å². The normalized spacial score (nSPS) is 14.7. The number of hydrogen-bond acceptors (Lipinski definition) is 5. The van der Waals surface area contributed by atoms with Crippen LogP contribution >= 0.6 is 0 Å². The highest BCUT2D eigenvalue weighted by Crippen LogP contribution is 2.30. The van der Waals surface area contributed by atoms with E-state index in [2.05, 4.69) is 4.90 Å². The molecule has 0 unspecified atom stereocenters. The average Bonchev–Trinajstić information content (AvgIpc) is 3.16. The molecule has 0 amide bonds. The Morgan fingerprint density at radius 3 is 2.44 bits per heavy atom. The molecule has 0 atom stereocenters. The first-order chi connectivity index (χ1) is 12.8. The Kier molecular flexibility index (Phi) is 5.48. The summed E-state index contributed by atoms with van der Waals surface area (Å²) in [6.45, 7) is 3.61. The molecule has 1 aliphatic rings. The number of nitrogens with zero attached hydrogens (tertiary/aromatic N) is 3. The quantitative estimate of drug-likeness (QED) is 0.559. The Hall–Kier alpha value is -2.45. The lowest BCUT2D eigenvalue weighted by molar-refractivity contribution is -0.385. The van der Waals surface area contributed by atoms with Gasteiger partial charge in [-0.05, 0) is 37.5 Å². The predicted octanol–water partition coefficient (Wildman–Crippen LogP) is 3.32. The number of rotatable bonds is 6. The van der Waals surface area contributed by atoms with Crippen LogP contribution in [-0.2, 0) is 16.6 Å². The first-order valence-electron chi connectivity index (χ1n) is 8.85. The van der Waals surface area contributed by atoms with Crippen molar-refractivity contribution in [2.45, 2.75) is 31.2 Å². The molecule has 0 spiro atoms. The number of nitro benzene ring substituents is 1. The molecule has 2 aromatic rings. The summed E-state index contributed by atoms with van der Waals surface area (Å²) in [4.78, 5) is 12.8. The van der Waals surface area contributed by atoms with Gasteiger partial charge in [0.05, 0.1) is 9.82 Å². The lowest BCUT2D eigenvalue weighted by Gasteiger charge is -2.24. The third-order valence-corrected chi connectivity index (χ3v) is 6.92. The Labute approximate surface area is 159 Å². The lowest BCUT2D eigenvalue weighted by Crippen LogP contribution is -2.28. The monoisotopic (exact) mass is 389 g/mol. The van der Waals surface area contributed by atoms with Crippen LogP contribution < -0.4 is 4.90 Å². The number of nitro groups is 1. The molecule has 144 valence electrons. The third kappa shape index (κ3) is 3.81. The molecule has 0 N–H and O–H groups in total. The zero-order valence-electron chi connectivity index (χ0n) is 15.5. The molecule has 1 heterocycles. The third-order valence-electron chi connectivity index (χ3n) is 4.97. The fourth-order valence-corrected chi connectivity index (χ4v) is 4.87. The topological polar surface area (TPSA) is 83.8 Å². The fourth-order valence-electron chi connectivity index (χ4n) is 3.48. The van der Waals surface area contributed by atoms with E-state index in [0.717, 1.165) is 37.2 Å². The second-order valence-electron chi connectivity index (χ2n) is 6.74. The summed E-state index contributed by atoms with van der Waals surface area (Å²) < 4.78 is 27.4. The number of hydrogen-bond donors (Lipinski definition) is 0. The fraction of sp³-hybridized carbons (Fsp3) is 0.368. The molecule has 0 bridgehead atoms. The summed E-state index contributed by atoms with van der Waals surface area (Å²) in [6.07, 6.45) is 2.27. The van der Waals surface area contributed by atoms with Gasteiger partial charge >= 0.3 is 0 Å². The van der Waals surface area contributed by atoms with Crippen LogP contribution in [0.2, 0.25) is 0 Å². The summed E-state index contributed by atoms with van der Waals surface area (Å²) >= 11 is 0. The highest BCUT2D eigenvalue weighted by molar-refractivity contribution is 7.89. The molecular weight excluding hydrogens is 366 g/mol. The van der Waals surface area contributed by atoms with E-state index in [1.54, 1.807) is 0 Å². The highest BCUT2D eigenvalue weighted by atomic mass is 32.2. The van der Waals surface area contributed by atoms with Gasteiger partial charge in [-0.3, -0.25) is 10.1 Å². The molecule has 7 nitrogen and oxygen atoms in total. The molecule has 1 aliphatic heterocycles. The summed E-state index contributed by atoms with van der Waals surface area (Å²) in [5, 5.41) is 11.1. The highest BCUT2D eigenvalue weighted by Gasteiger charge is 2.27. The maximum Gasteiger partial charge on any atom is 0.273 e. The maximum atomic E-state index is 13.1. The summed E-state index contributed by atoms with van der Waals surface area (Å²) in [5.74, 6) is 0. The Morgan fingerprint density at radius 1 is 1.11 bits per heavy atom. The van der Waals surface area contributed by atoms with Gasteiger partial charge in [-0.2, -0.15) is 4.31 Å². The van der Waals surface area contributed by atoms with Gasteiger partial charge in [0.25, 0.3) is 5.69 Å². The van der Waals surface area contributed by atoms with Gasteiger partial charge in [0.1, 0.15) is 0 Å². The number of para-hydroxylation sites is 1. The van der Waals surface area contributed by atoms with Gasteiger partial charge < -0.3 is 4.90 Å². The minimum absolute atomic E-state index is 0.0298. The van der Waals surface area contributed by atoms with Crippen LogP contribution in [0.1, 0.15) is 24.0 Å². The molecule has 0 aliphatic carbocycles. The van der Waals surface area contributed by atoms with Gasteiger partial charge in [0.15, 0.2) is 0 Å². The van der Waals surface area contributed by atoms with Gasteiger partial charge in [-0.25, -0.2) is 8.42 Å². The van der Waals surface area contributed by atoms with Gasteiger partial charge in [-0.15, -0.1) is 0 Å². The molecular formula is C19H23N3O4S. The van der Waals surface area contributed by atoms with E-state index in [4.69, 9.17) is 0 Å². The van der Waals surface area contributed by atoms with Crippen molar-refractivity contribution in [3.05, 3.63) is 63.7 Å². The van der Waals surface area contributed by atoms with Crippen LogP contribution in [0.25, 0.3) is 0 Å².